The average molecular weight is 886 g/mol. The van der Waals surface area contributed by atoms with Crippen LogP contribution < -0.4 is 5.32 Å². The summed E-state index contributed by atoms with van der Waals surface area (Å²) in [5.74, 6) is -0.108. The van der Waals surface area contributed by atoms with E-state index in [0.29, 0.717) is 19.4 Å². The van der Waals surface area contributed by atoms with Gasteiger partial charge >= 0.3 is 5.97 Å². The van der Waals surface area contributed by atoms with Crippen LogP contribution in [-0.2, 0) is 14.3 Å². The molecule has 0 spiro atoms. The number of hydrogen-bond donors (Lipinski definition) is 3. The molecule has 0 aromatic rings. The topological polar surface area (TPSA) is 95.9 Å². The third-order valence-electron chi connectivity index (χ3n) is 12.7. The lowest BCUT2D eigenvalue weighted by atomic mass is 10.0. The minimum Gasteiger partial charge on any atom is -0.465 e. The van der Waals surface area contributed by atoms with Gasteiger partial charge in [0.1, 0.15) is 0 Å². The molecule has 6 nitrogen and oxygen atoms in total. The maximum absolute atomic E-state index is 12.4. The molecular formula is C57H107NO5. The van der Waals surface area contributed by atoms with Gasteiger partial charge in [-0.15, -0.1) is 0 Å². The lowest BCUT2D eigenvalue weighted by Gasteiger charge is -2.20. The van der Waals surface area contributed by atoms with Crippen LogP contribution in [0.1, 0.15) is 290 Å². The normalized spacial score (nSPS) is 12.9. The number of amides is 1. The first-order valence-corrected chi connectivity index (χ1v) is 27.8. The van der Waals surface area contributed by atoms with Gasteiger partial charge in [0.2, 0.25) is 5.91 Å². The number of aliphatic hydroxyl groups excluding tert-OH is 2. The summed E-state index contributed by atoms with van der Waals surface area (Å²) < 4.78 is 5.41. The summed E-state index contributed by atoms with van der Waals surface area (Å²) >= 11 is 0. The summed E-state index contributed by atoms with van der Waals surface area (Å²) in [5, 5.41) is 23.0. The van der Waals surface area contributed by atoms with E-state index < -0.39 is 12.1 Å². The molecule has 6 heteroatoms. The smallest absolute Gasteiger partial charge is 0.305 e. The van der Waals surface area contributed by atoms with Gasteiger partial charge in [-0.05, 0) is 51.4 Å². The van der Waals surface area contributed by atoms with Crippen molar-refractivity contribution < 1.29 is 24.5 Å². The Kier molecular flexibility index (Phi) is 51.1. The van der Waals surface area contributed by atoms with Gasteiger partial charge in [-0.25, -0.2) is 0 Å². The number of aliphatic hydroxyl groups is 2. The Morgan fingerprint density at radius 2 is 0.794 bits per heavy atom. The Morgan fingerprint density at radius 3 is 1.21 bits per heavy atom. The molecule has 2 unspecified atom stereocenters. The Hall–Kier alpha value is -1.92. The minimum absolute atomic E-state index is 0.0340. The molecule has 0 heterocycles. The van der Waals surface area contributed by atoms with Crippen LogP contribution in [0.2, 0.25) is 0 Å². The fourth-order valence-electron chi connectivity index (χ4n) is 8.41. The molecule has 0 bridgehead atoms. The molecule has 0 fully saturated rings. The number of allylic oxidation sites excluding steroid dienone is 4. The molecule has 0 radical (unpaired) electrons. The van der Waals surface area contributed by atoms with Crippen LogP contribution in [0.15, 0.2) is 36.5 Å². The van der Waals surface area contributed by atoms with E-state index in [4.69, 9.17) is 4.74 Å². The quantitative estimate of drug-likeness (QED) is 0.0321. The molecule has 3 N–H and O–H groups in total. The summed E-state index contributed by atoms with van der Waals surface area (Å²) in [7, 11) is 0. The molecule has 0 saturated carbocycles. The van der Waals surface area contributed by atoms with E-state index in [-0.39, 0.29) is 18.5 Å². The van der Waals surface area contributed by atoms with E-state index in [9.17, 15) is 19.8 Å². The summed E-state index contributed by atoms with van der Waals surface area (Å²) in [6.07, 6.45) is 64.7. The van der Waals surface area contributed by atoms with Crippen LogP contribution in [0.5, 0.6) is 0 Å². The molecule has 0 aromatic heterocycles. The zero-order valence-corrected chi connectivity index (χ0v) is 42.1. The van der Waals surface area contributed by atoms with Crippen molar-refractivity contribution in [2.24, 2.45) is 0 Å². The van der Waals surface area contributed by atoms with Crippen LogP contribution in [0, 0.1) is 0 Å². The van der Waals surface area contributed by atoms with Crippen molar-refractivity contribution in [2.75, 3.05) is 13.2 Å². The second-order valence-corrected chi connectivity index (χ2v) is 18.9. The van der Waals surface area contributed by atoms with E-state index in [0.717, 1.165) is 51.4 Å². The van der Waals surface area contributed by atoms with Crippen molar-refractivity contribution in [2.45, 2.75) is 302 Å². The maximum Gasteiger partial charge on any atom is 0.305 e. The van der Waals surface area contributed by atoms with Gasteiger partial charge in [0.15, 0.2) is 0 Å². The fraction of sp³-hybridized carbons (Fsp3) is 0.860. The van der Waals surface area contributed by atoms with Crippen LogP contribution in [0.4, 0.5) is 0 Å². The SMILES string of the molecule is CCCCCCCCCCC/C=C/C(O)C(CO)NC(=O)CCCCCCCCCCCCCCCC/C=C\C/C=C\CCOC(=O)CCCCCCCCCCCCCCCC. The molecule has 0 rings (SSSR count). The van der Waals surface area contributed by atoms with E-state index >= 15 is 0 Å². The monoisotopic (exact) mass is 886 g/mol. The molecule has 0 saturated heterocycles. The van der Waals surface area contributed by atoms with Gasteiger partial charge in [0.05, 0.1) is 25.4 Å². The van der Waals surface area contributed by atoms with E-state index in [1.807, 2.05) is 6.08 Å². The highest BCUT2D eigenvalue weighted by molar-refractivity contribution is 5.76. The van der Waals surface area contributed by atoms with Crippen molar-refractivity contribution in [1.29, 1.82) is 0 Å². The number of nitrogens with one attached hydrogen (secondary N) is 1. The molecule has 0 aliphatic heterocycles. The van der Waals surface area contributed by atoms with Crippen LogP contribution >= 0.6 is 0 Å². The van der Waals surface area contributed by atoms with Crippen molar-refractivity contribution in [1.82, 2.24) is 5.32 Å². The van der Waals surface area contributed by atoms with Crippen molar-refractivity contribution in [3.63, 3.8) is 0 Å². The molecule has 370 valence electrons. The van der Waals surface area contributed by atoms with Crippen molar-refractivity contribution >= 4 is 11.9 Å². The third kappa shape index (κ3) is 49.4. The Morgan fingerprint density at radius 1 is 0.444 bits per heavy atom. The Balaban J connectivity index is 3.46. The number of esters is 1. The van der Waals surface area contributed by atoms with Crippen LogP contribution in [0.3, 0.4) is 0 Å². The van der Waals surface area contributed by atoms with E-state index in [1.54, 1.807) is 6.08 Å². The number of carbonyl (C=O) groups is 2. The number of carbonyl (C=O) groups excluding carboxylic acids is 2. The number of hydrogen-bond acceptors (Lipinski definition) is 5. The predicted molar refractivity (Wildman–Crippen MR) is 273 cm³/mol. The standard InChI is InChI=1S/C57H107NO5/c1-3-5-7-9-11-13-15-16-27-31-35-39-43-47-51-57(62)63-52-48-44-40-36-32-28-25-23-21-19-17-18-20-22-24-26-30-34-38-42-46-50-56(61)58-54(53-59)55(60)49-45-41-37-33-29-14-12-10-8-6-4-2/h28,32,40,44-45,49,54-55,59-60H,3-27,29-31,33-39,41-43,46-48,50-53H2,1-2H3,(H,58,61)/b32-28-,44-40-,49-45+. The number of ether oxygens (including phenoxy) is 1. The molecule has 1 amide bonds. The summed E-state index contributed by atoms with van der Waals surface area (Å²) in [4.78, 5) is 24.4. The van der Waals surface area contributed by atoms with E-state index in [2.05, 4.69) is 43.5 Å². The predicted octanol–water partition coefficient (Wildman–Crippen LogP) is 16.9. The first-order chi connectivity index (χ1) is 31.0. The lowest BCUT2D eigenvalue weighted by Crippen LogP contribution is -2.45. The van der Waals surface area contributed by atoms with Crippen LogP contribution in [-0.4, -0.2) is 47.4 Å². The highest BCUT2D eigenvalue weighted by Crippen LogP contribution is 2.16. The molecule has 0 aliphatic carbocycles. The fourth-order valence-corrected chi connectivity index (χ4v) is 8.41. The average Bonchev–Trinajstić information content (AvgIpc) is 3.28. The molecule has 0 aliphatic rings. The highest BCUT2D eigenvalue weighted by Gasteiger charge is 2.18. The number of rotatable bonds is 51. The first kappa shape index (κ1) is 61.1. The van der Waals surface area contributed by atoms with Gasteiger partial charge in [-0.2, -0.15) is 0 Å². The van der Waals surface area contributed by atoms with Gasteiger partial charge in [-0.3, -0.25) is 9.59 Å². The Labute approximate surface area is 392 Å². The molecule has 0 aromatic carbocycles. The summed E-state index contributed by atoms with van der Waals surface area (Å²) in [6.45, 7) is 4.78. The molecule has 2 atom stereocenters. The van der Waals surface area contributed by atoms with E-state index in [1.165, 1.54) is 212 Å². The van der Waals surface area contributed by atoms with Gasteiger partial charge in [-0.1, -0.05) is 262 Å². The summed E-state index contributed by atoms with van der Waals surface area (Å²) in [6, 6.07) is -0.630. The first-order valence-electron chi connectivity index (χ1n) is 27.8. The Bertz CT molecular complexity index is 1020. The number of unbranched alkanes of at least 4 members (excludes halogenated alkanes) is 36. The maximum atomic E-state index is 12.4. The second-order valence-electron chi connectivity index (χ2n) is 18.9. The molecular weight excluding hydrogens is 779 g/mol. The second kappa shape index (κ2) is 52.7. The zero-order chi connectivity index (χ0) is 45.8. The van der Waals surface area contributed by atoms with Gasteiger partial charge in [0.25, 0.3) is 0 Å². The van der Waals surface area contributed by atoms with Crippen molar-refractivity contribution in [3.05, 3.63) is 36.5 Å². The zero-order valence-electron chi connectivity index (χ0n) is 42.1. The molecule has 63 heavy (non-hydrogen) atoms. The van der Waals surface area contributed by atoms with Gasteiger partial charge < -0.3 is 20.3 Å². The van der Waals surface area contributed by atoms with Crippen molar-refractivity contribution in [3.8, 4) is 0 Å². The lowest BCUT2D eigenvalue weighted by molar-refractivity contribution is -0.143. The van der Waals surface area contributed by atoms with Crippen LogP contribution in [0.25, 0.3) is 0 Å². The highest BCUT2D eigenvalue weighted by atomic mass is 16.5. The summed E-state index contributed by atoms with van der Waals surface area (Å²) in [5.41, 5.74) is 0. The minimum atomic E-state index is -0.846. The third-order valence-corrected chi connectivity index (χ3v) is 12.7. The van der Waals surface area contributed by atoms with Gasteiger partial charge in [0, 0.05) is 12.8 Å². The largest absolute Gasteiger partial charge is 0.465 e.